The van der Waals surface area contributed by atoms with Crippen molar-refractivity contribution in [2.75, 3.05) is 22.9 Å². The summed E-state index contributed by atoms with van der Waals surface area (Å²) in [7, 11) is 0. The molecule has 2 heterocycles. The zero-order valence-electron chi connectivity index (χ0n) is 14.5. The van der Waals surface area contributed by atoms with Crippen LogP contribution in [0.15, 0.2) is 67.3 Å². The maximum Gasteiger partial charge on any atom is 0.228 e. The number of amides is 1. The molecular formula is C20H21N5O. The molecule has 0 saturated heterocycles. The van der Waals surface area contributed by atoms with Gasteiger partial charge in [-0.2, -0.15) is 5.10 Å². The second kappa shape index (κ2) is 7.39. The van der Waals surface area contributed by atoms with E-state index in [4.69, 9.17) is 0 Å². The fourth-order valence-corrected chi connectivity index (χ4v) is 3.34. The van der Waals surface area contributed by atoms with Crippen molar-refractivity contribution in [2.24, 2.45) is 0 Å². The Morgan fingerprint density at radius 1 is 0.962 bits per heavy atom. The molecule has 0 N–H and O–H groups in total. The van der Waals surface area contributed by atoms with Gasteiger partial charge in [-0.3, -0.25) is 9.48 Å². The molecule has 0 saturated carbocycles. The molecule has 0 aliphatic carbocycles. The minimum absolute atomic E-state index is 0.118. The SMILES string of the molecule is O=C(CCn1cncn1)N1CCN(Cc2ccccc2)c2ccccc21. The molecule has 26 heavy (non-hydrogen) atoms. The van der Waals surface area contributed by atoms with Crippen molar-refractivity contribution in [1.82, 2.24) is 14.8 Å². The highest BCUT2D eigenvalue weighted by molar-refractivity contribution is 5.97. The van der Waals surface area contributed by atoms with Crippen LogP contribution < -0.4 is 9.80 Å². The van der Waals surface area contributed by atoms with Crippen LogP contribution in [0.25, 0.3) is 0 Å². The Labute approximate surface area is 152 Å². The molecular weight excluding hydrogens is 326 g/mol. The van der Waals surface area contributed by atoms with E-state index < -0.39 is 0 Å². The number of anilines is 2. The Bertz CT molecular complexity index is 863. The van der Waals surface area contributed by atoms with Gasteiger partial charge in [0.15, 0.2) is 0 Å². The molecule has 1 amide bonds. The smallest absolute Gasteiger partial charge is 0.228 e. The summed E-state index contributed by atoms with van der Waals surface area (Å²) < 4.78 is 1.69. The molecule has 6 nitrogen and oxygen atoms in total. The Hall–Kier alpha value is -3.15. The number of carbonyl (C=O) groups excluding carboxylic acids is 1. The molecule has 2 aromatic carbocycles. The molecule has 0 fully saturated rings. The summed E-state index contributed by atoms with van der Waals surface area (Å²) in [5, 5.41) is 4.06. The first-order valence-electron chi connectivity index (χ1n) is 8.82. The van der Waals surface area contributed by atoms with E-state index in [1.54, 1.807) is 11.0 Å². The van der Waals surface area contributed by atoms with Crippen molar-refractivity contribution >= 4 is 17.3 Å². The Balaban J connectivity index is 1.51. The van der Waals surface area contributed by atoms with E-state index >= 15 is 0 Å². The third kappa shape index (κ3) is 3.44. The van der Waals surface area contributed by atoms with Crippen LogP contribution in [0.2, 0.25) is 0 Å². The van der Waals surface area contributed by atoms with E-state index in [9.17, 15) is 4.79 Å². The predicted octanol–water partition coefficient (Wildman–Crippen LogP) is 2.72. The summed E-state index contributed by atoms with van der Waals surface area (Å²) in [4.78, 5) is 20.9. The molecule has 6 heteroatoms. The van der Waals surface area contributed by atoms with Gasteiger partial charge in [-0.05, 0) is 17.7 Å². The largest absolute Gasteiger partial charge is 0.364 e. The number of aryl methyl sites for hydroxylation is 1. The van der Waals surface area contributed by atoms with Gasteiger partial charge >= 0.3 is 0 Å². The van der Waals surface area contributed by atoms with E-state index in [1.807, 2.05) is 29.2 Å². The van der Waals surface area contributed by atoms with Crippen molar-refractivity contribution < 1.29 is 4.79 Å². The molecule has 0 bridgehead atoms. The Morgan fingerprint density at radius 2 is 1.73 bits per heavy atom. The van der Waals surface area contributed by atoms with E-state index in [1.165, 1.54) is 11.9 Å². The first-order chi connectivity index (χ1) is 12.8. The number of fused-ring (bicyclic) bond motifs is 1. The zero-order chi connectivity index (χ0) is 17.8. The number of para-hydroxylation sites is 2. The van der Waals surface area contributed by atoms with E-state index in [0.29, 0.717) is 19.5 Å². The summed E-state index contributed by atoms with van der Waals surface area (Å²) in [6.45, 7) is 2.91. The van der Waals surface area contributed by atoms with Gasteiger partial charge in [0.1, 0.15) is 12.7 Å². The van der Waals surface area contributed by atoms with Crippen LogP contribution in [0.5, 0.6) is 0 Å². The first kappa shape index (κ1) is 16.3. The van der Waals surface area contributed by atoms with E-state index in [0.717, 1.165) is 24.5 Å². The fourth-order valence-electron chi connectivity index (χ4n) is 3.34. The lowest BCUT2D eigenvalue weighted by atomic mass is 10.1. The second-order valence-corrected chi connectivity index (χ2v) is 6.35. The molecule has 0 unspecified atom stereocenters. The maximum atomic E-state index is 12.8. The lowest BCUT2D eigenvalue weighted by Crippen LogP contribution is -2.44. The number of benzene rings is 2. The molecule has 1 aliphatic rings. The summed E-state index contributed by atoms with van der Waals surface area (Å²) in [5.41, 5.74) is 3.36. The third-order valence-corrected chi connectivity index (χ3v) is 4.65. The predicted molar refractivity (Wildman–Crippen MR) is 101 cm³/mol. The molecule has 132 valence electrons. The average Bonchev–Trinajstić information content (AvgIpc) is 3.21. The molecule has 3 aromatic rings. The van der Waals surface area contributed by atoms with Crippen molar-refractivity contribution in [3.8, 4) is 0 Å². The Morgan fingerprint density at radius 3 is 2.50 bits per heavy atom. The fraction of sp³-hybridized carbons (Fsp3) is 0.250. The standard InChI is InChI=1S/C20H21N5O/c26-20(10-11-24-16-21-15-22-24)25-13-12-23(14-17-6-2-1-3-7-17)18-8-4-5-9-19(18)25/h1-9,15-16H,10-14H2. The van der Waals surface area contributed by atoms with Crippen molar-refractivity contribution in [2.45, 2.75) is 19.5 Å². The van der Waals surface area contributed by atoms with Crippen LogP contribution in [0.1, 0.15) is 12.0 Å². The monoisotopic (exact) mass is 347 g/mol. The van der Waals surface area contributed by atoms with Gasteiger partial charge in [0, 0.05) is 26.1 Å². The van der Waals surface area contributed by atoms with Crippen LogP contribution in [0.3, 0.4) is 0 Å². The number of carbonyl (C=O) groups is 1. The Kier molecular flexibility index (Phi) is 4.64. The lowest BCUT2D eigenvalue weighted by Gasteiger charge is -2.38. The highest BCUT2D eigenvalue weighted by atomic mass is 16.2. The van der Waals surface area contributed by atoms with Crippen LogP contribution in [-0.2, 0) is 17.9 Å². The quantitative estimate of drug-likeness (QED) is 0.712. The minimum Gasteiger partial charge on any atom is -0.364 e. The van der Waals surface area contributed by atoms with Crippen molar-refractivity contribution in [3.05, 3.63) is 72.8 Å². The van der Waals surface area contributed by atoms with E-state index in [-0.39, 0.29) is 5.91 Å². The van der Waals surface area contributed by atoms with E-state index in [2.05, 4.69) is 45.3 Å². The van der Waals surface area contributed by atoms with Crippen molar-refractivity contribution in [3.63, 3.8) is 0 Å². The number of nitrogens with zero attached hydrogens (tertiary/aromatic N) is 5. The normalized spacial score (nSPS) is 13.5. The topological polar surface area (TPSA) is 54.3 Å². The van der Waals surface area contributed by atoms with Crippen molar-refractivity contribution in [1.29, 1.82) is 0 Å². The first-order valence-corrected chi connectivity index (χ1v) is 8.82. The number of hydrogen-bond acceptors (Lipinski definition) is 4. The molecule has 1 aromatic heterocycles. The van der Waals surface area contributed by atoms with Gasteiger partial charge in [-0.15, -0.1) is 0 Å². The summed E-state index contributed by atoms with van der Waals surface area (Å²) >= 11 is 0. The second-order valence-electron chi connectivity index (χ2n) is 6.35. The molecule has 1 aliphatic heterocycles. The number of aromatic nitrogens is 3. The van der Waals surface area contributed by atoms with Crippen LogP contribution >= 0.6 is 0 Å². The zero-order valence-corrected chi connectivity index (χ0v) is 14.5. The number of hydrogen-bond donors (Lipinski definition) is 0. The summed E-state index contributed by atoms with van der Waals surface area (Å²) in [6, 6.07) is 18.6. The van der Waals surface area contributed by atoms with Crippen LogP contribution in [-0.4, -0.2) is 33.8 Å². The van der Waals surface area contributed by atoms with Gasteiger partial charge in [-0.1, -0.05) is 42.5 Å². The molecule has 0 atom stereocenters. The number of rotatable bonds is 5. The highest BCUT2D eigenvalue weighted by Gasteiger charge is 2.26. The molecule has 0 spiro atoms. The van der Waals surface area contributed by atoms with Gasteiger partial charge in [-0.25, -0.2) is 4.98 Å². The van der Waals surface area contributed by atoms with Crippen LogP contribution in [0, 0.1) is 0 Å². The molecule has 0 radical (unpaired) electrons. The lowest BCUT2D eigenvalue weighted by molar-refractivity contribution is -0.118. The third-order valence-electron chi connectivity index (χ3n) is 4.65. The average molecular weight is 347 g/mol. The van der Waals surface area contributed by atoms with Gasteiger partial charge in [0.25, 0.3) is 0 Å². The summed E-state index contributed by atoms with van der Waals surface area (Å²) in [6.07, 6.45) is 3.54. The van der Waals surface area contributed by atoms with Gasteiger partial charge in [0.05, 0.1) is 17.9 Å². The highest BCUT2D eigenvalue weighted by Crippen LogP contribution is 2.34. The molecule has 4 rings (SSSR count). The maximum absolute atomic E-state index is 12.8. The van der Waals surface area contributed by atoms with Gasteiger partial charge in [0.2, 0.25) is 5.91 Å². The van der Waals surface area contributed by atoms with Gasteiger partial charge < -0.3 is 9.80 Å². The van der Waals surface area contributed by atoms with Crippen LogP contribution in [0.4, 0.5) is 11.4 Å². The summed E-state index contributed by atoms with van der Waals surface area (Å²) in [5.74, 6) is 0.118. The minimum atomic E-state index is 0.118.